The van der Waals surface area contributed by atoms with Gasteiger partial charge in [0.1, 0.15) is 5.75 Å². The molecule has 27 heavy (non-hydrogen) atoms. The molecule has 0 aromatic heterocycles. The zero-order valence-corrected chi connectivity index (χ0v) is 16.5. The van der Waals surface area contributed by atoms with Crippen LogP contribution in [0.15, 0.2) is 42.5 Å². The Kier molecular flexibility index (Phi) is 6.64. The van der Waals surface area contributed by atoms with E-state index in [-0.39, 0.29) is 5.78 Å². The van der Waals surface area contributed by atoms with E-state index in [1.807, 2.05) is 30.3 Å². The second kappa shape index (κ2) is 9.16. The maximum Gasteiger partial charge on any atom is 0.159 e. The first-order valence-corrected chi connectivity index (χ1v) is 9.79. The van der Waals surface area contributed by atoms with Gasteiger partial charge >= 0.3 is 0 Å². The van der Waals surface area contributed by atoms with Gasteiger partial charge in [-0.25, -0.2) is 0 Å². The largest absolute Gasteiger partial charge is 0.496 e. The van der Waals surface area contributed by atoms with Gasteiger partial charge in [-0.1, -0.05) is 24.3 Å². The SMILES string of the molecule is CNC1CCC(NCc2cc(-c3cccc(C(C)=O)c3)ccc2OC)CC1. The fourth-order valence-electron chi connectivity index (χ4n) is 3.85. The van der Waals surface area contributed by atoms with E-state index in [0.29, 0.717) is 12.1 Å². The number of hydrogen-bond acceptors (Lipinski definition) is 4. The number of Topliss-reactive ketones (excluding diaryl/α,β-unsaturated/α-hetero) is 1. The minimum Gasteiger partial charge on any atom is -0.496 e. The van der Waals surface area contributed by atoms with Crippen molar-refractivity contribution in [3.63, 3.8) is 0 Å². The Balaban J connectivity index is 1.74. The maximum absolute atomic E-state index is 11.7. The van der Waals surface area contributed by atoms with Gasteiger partial charge in [0.05, 0.1) is 7.11 Å². The molecule has 0 radical (unpaired) electrons. The molecular weight excluding hydrogens is 336 g/mol. The van der Waals surface area contributed by atoms with Crippen molar-refractivity contribution in [2.45, 2.75) is 51.2 Å². The molecule has 0 saturated heterocycles. The van der Waals surface area contributed by atoms with Crippen LogP contribution in [-0.2, 0) is 6.54 Å². The van der Waals surface area contributed by atoms with E-state index < -0.39 is 0 Å². The zero-order chi connectivity index (χ0) is 19.2. The molecule has 1 fully saturated rings. The summed E-state index contributed by atoms with van der Waals surface area (Å²) >= 11 is 0. The van der Waals surface area contributed by atoms with Gasteiger partial charge in [-0.05, 0) is 69.0 Å². The second-order valence-corrected chi connectivity index (χ2v) is 7.38. The summed E-state index contributed by atoms with van der Waals surface area (Å²) in [5, 5.41) is 7.09. The zero-order valence-electron chi connectivity index (χ0n) is 16.5. The molecule has 0 spiro atoms. The van der Waals surface area contributed by atoms with Crippen molar-refractivity contribution < 1.29 is 9.53 Å². The van der Waals surface area contributed by atoms with Crippen molar-refractivity contribution in [3.05, 3.63) is 53.6 Å². The third-order valence-electron chi connectivity index (χ3n) is 5.60. The Morgan fingerprint density at radius 2 is 1.74 bits per heavy atom. The molecule has 4 nitrogen and oxygen atoms in total. The summed E-state index contributed by atoms with van der Waals surface area (Å²) in [4.78, 5) is 11.7. The third-order valence-corrected chi connectivity index (χ3v) is 5.60. The summed E-state index contributed by atoms with van der Waals surface area (Å²) < 4.78 is 5.57. The van der Waals surface area contributed by atoms with E-state index in [1.54, 1.807) is 14.0 Å². The van der Waals surface area contributed by atoms with Gasteiger partial charge in [-0.15, -0.1) is 0 Å². The summed E-state index contributed by atoms with van der Waals surface area (Å²) in [6.45, 7) is 2.39. The van der Waals surface area contributed by atoms with Crippen molar-refractivity contribution >= 4 is 5.78 Å². The van der Waals surface area contributed by atoms with Crippen LogP contribution >= 0.6 is 0 Å². The lowest BCUT2D eigenvalue weighted by Gasteiger charge is -2.29. The van der Waals surface area contributed by atoms with Gasteiger partial charge in [-0.2, -0.15) is 0 Å². The molecule has 0 atom stereocenters. The Labute approximate surface area is 162 Å². The standard InChI is InChI=1S/C23H30N2O2/c1-16(26)17-5-4-6-18(13-17)19-7-12-23(27-3)20(14-19)15-25-22-10-8-21(24-2)9-11-22/h4-7,12-14,21-22,24-25H,8-11,15H2,1-3H3. The topological polar surface area (TPSA) is 50.4 Å². The lowest BCUT2D eigenvalue weighted by Crippen LogP contribution is -2.38. The quantitative estimate of drug-likeness (QED) is 0.722. The van der Waals surface area contributed by atoms with Crippen LogP contribution in [-0.4, -0.2) is 32.0 Å². The number of ether oxygens (including phenoxy) is 1. The lowest BCUT2D eigenvalue weighted by atomic mass is 9.91. The van der Waals surface area contributed by atoms with E-state index in [9.17, 15) is 4.79 Å². The van der Waals surface area contributed by atoms with E-state index in [2.05, 4.69) is 29.8 Å². The van der Waals surface area contributed by atoms with Crippen LogP contribution in [0.3, 0.4) is 0 Å². The number of hydrogen-bond donors (Lipinski definition) is 2. The molecule has 2 N–H and O–H groups in total. The van der Waals surface area contributed by atoms with Crippen LogP contribution in [0, 0.1) is 0 Å². The average Bonchev–Trinajstić information content (AvgIpc) is 2.72. The lowest BCUT2D eigenvalue weighted by molar-refractivity contribution is 0.101. The summed E-state index contributed by atoms with van der Waals surface area (Å²) in [6, 6.07) is 15.3. The van der Waals surface area contributed by atoms with Crippen molar-refractivity contribution in [1.82, 2.24) is 10.6 Å². The van der Waals surface area contributed by atoms with E-state index in [1.165, 1.54) is 25.7 Å². The number of rotatable bonds is 7. The van der Waals surface area contributed by atoms with Crippen molar-refractivity contribution in [3.8, 4) is 16.9 Å². The second-order valence-electron chi connectivity index (χ2n) is 7.38. The fraction of sp³-hybridized carbons (Fsp3) is 0.435. The summed E-state index contributed by atoms with van der Waals surface area (Å²) in [5.74, 6) is 0.988. The highest BCUT2D eigenvalue weighted by atomic mass is 16.5. The molecule has 4 heteroatoms. The van der Waals surface area contributed by atoms with Crippen LogP contribution in [0.1, 0.15) is 48.5 Å². The predicted molar refractivity (Wildman–Crippen MR) is 110 cm³/mol. The predicted octanol–water partition coefficient (Wildman–Crippen LogP) is 4.19. The van der Waals surface area contributed by atoms with Gasteiger partial charge in [-0.3, -0.25) is 4.79 Å². The first-order valence-electron chi connectivity index (χ1n) is 9.79. The highest BCUT2D eigenvalue weighted by Crippen LogP contribution is 2.28. The Morgan fingerprint density at radius 3 is 2.41 bits per heavy atom. The number of ketones is 1. The normalized spacial score (nSPS) is 19.7. The molecule has 1 aliphatic carbocycles. The van der Waals surface area contributed by atoms with Gasteiger partial charge in [0, 0.05) is 29.8 Å². The number of benzene rings is 2. The van der Waals surface area contributed by atoms with Crippen LogP contribution < -0.4 is 15.4 Å². The van der Waals surface area contributed by atoms with Crippen LogP contribution in [0.5, 0.6) is 5.75 Å². The summed E-state index contributed by atoms with van der Waals surface area (Å²) in [6.07, 6.45) is 4.86. The molecular formula is C23H30N2O2. The number of methoxy groups -OCH3 is 1. The number of carbonyl (C=O) groups excluding carboxylic acids is 1. The number of carbonyl (C=O) groups is 1. The Hall–Kier alpha value is -2.17. The Bertz CT molecular complexity index is 780. The van der Waals surface area contributed by atoms with E-state index in [4.69, 9.17) is 4.74 Å². The minimum absolute atomic E-state index is 0.0874. The minimum atomic E-state index is 0.0874. The fourth-order valence-corrected chi connectivity index (χ4v) is 3.85. The molecule has 144 valence electrons. The Morgan fingerprint density at radius 1 is 1.04 bits per heavy atom. The molecule has 0 aliphatic heterocycles. The van der Waals surface area contributed by atoms with Crippen LogP contribution in [0.4, 0.5) is 0 Å². The molecule has 0 bridgehead atoms. The summed E-state index contributed by atoms with van der Waals surface area (Å²) in [5.41, 5.74) is 4.05. The highest BCUT2D eigenvalue weighted by Gasteiger charge is 2.19. The van der Waals surface area contributed by atoms with Crippen LogP contribution in [0.2, 0.25) is 0 Å². The van der Waals surface area contributed by atoms with E-state index in [0.717, 1.165) is 34.5 Å². The number of nitrogens with one attached hydrogen (secondary N) is 2. The van der Waals surface area contributed by atoms with Gasteiger partial charge in [0.25, 0.3) is 0 Å². The molecule has 0 heterocycles. The van der Waals surface area contributed by atoms with Crippen LogP contribution in [0.25, 0.3) is 11.1 Å². The molecule has 0 unspecified atom stereocenters. The highest BCUT2D eigenvalue weighted by molar-refractivity contribution is 5.95. The van der Waals surface area contributed by atoms with Gasteiger partial charge in [0.2, 0.25) is 0 Å². The van der Waals surface area contributed by atoms with Crippen molar-refractivity contribution in [2.24, 2.45) is 0 Å². The smallest absolute Gasteiger partial charge is 0.159 e. The van der Waals surface area contributed by atoms with E-state index >= 15 is 0 Å². The maximum atomic E-state index is 11.7. The first kappa shape index (κ1) is 19.6. The van der Waals surface area contributed by atoms with Gasteiger partial charge in [0.15, 0.2) is 5.78 Å². The molecule has 1 saturated carbocycles. The molecule has 1 aliphatic rings. The molecule has 2 aromatic carbocycles. The first-order chi connectivity index (χ1) is 13.1. The molecule has 2 aromatic rings. The molecule has 3 rings (SSSR count). The van der Waals surface area contributed by atoms with Crippen molar-refractivity contribution in [2.75, 3.05) is 14.2 Å². The molecule has 0 amide bonds. The monoisotopic (exact) mass is 366 g/mol. The average molecular weight is 367 g/mol. The van der Waals surface area contributed by atoms with Gasteiger partial charge < -0.3 is 15.4 Å². The van der Waals surface area contributed by atoms with Crippen molar-refractivity contribution in [1.29, 1.82) is 0 Å². The summed E-state index contributed by atoms with van der Waals surface area (Å²) in [7, 11) is 3.77. The third kappa shape index (κ3) is 4.96.